The zero-order chi connectivity index (χ0) is 36.4. The molecular formula is C37H39Cl2F2N3O6. The van der Waals surface area contributed by atoms with Gasteiger partial charge in [0.1, 0.15) is 23.4 Å². The Bertz CT molecular complexity index is 1870. The van der Waals surface area contributed by atoms with Crippen molar-refractivity contribution in [2.24, 2.45) is 23.0 Å². The van der Waals surface area contributed by atoms with Gasteiger partial charge in [0, 0.05) is 28.5 Å². The highest BCUT2D eigenvalue weighted by Crippen LogP contribution is 2.61. The molecule has 0 spiro atoms. The summed E-state index contributed by atoms with van der Waals surface area (Å²) >= 11 is 12.5. The van der Waals surface area contributed by atoms with E-state index in [4.69, 9.17) is 38.4 Å². The molecule has 3 aromatic rings. The van der Waals surface area contributed by atoms with E-state index < -0.39 is 76.4 Å². The predicted octanol–water partition coefficient (Wildman–Crippen LogP) is 6.98. The molecule has 2 aliphatic heterocycles. The van der Waals surface area contributed by atoms with E-state index in [0.29, 0.717) is 12.8 Å². The second-order valence-electron chi connectivity index (χ2n) is 14.4. The summed E-state index contributed by atoms with van der Waals surface area (Å²) in [5.41, 5.74) is 5.67. The second kappa shape index (κ2) is 13.1. The van der Waals surface area contributed by atoms with Crippen LogP contribution >= 0.6 is 23.2 Å². The normalized spacial score (nSPS) is 27.7. The van der Waals surface area contributed by atoms with E-state index in [1.54, 1.807) is 13.0 Å². The van der Waals surface area contributed by atoms with Gasteiger partial charge in [-0.3, -0.25) is 19.4 Å². The van der Waals surface area contributed by atoms with Crippen LogP contribution in [0.3, 0.4) is 0 Å². The van der Waals surface area contributed by atoms with Crippen molar-refractivity contribution in [3.63, 3.8) is 0 Å². The van der Waals surface area contributed by atoms with E-state index >= 15 is 13.6 Å². The summed E-state index contributed by atoms with van der Waals surface area (Å²) in [6.07, 6.45) is -0.161. The first-order valence-electron chi connectivity index (χ1n) is 16.4. The Kier molecular flexibility index (Phi) is 9.43. The van der Waals surface area contributed by atoms with E-state index in [1.165, 1.54) is 54.5 Å². The molecule has 3 aromatic carbocycles. The van der Waals surface area contributed by atoms with E-state index in [1.807, 2.05) is 25.7 Å². The summed E-state index contributed by atoms with van der Waals surface area (Å²) in [4.78, 5) is 43.7. The van der Waals surface area contributed by atoms with Gasteiger partial charge in [0.25, 0.3) is 0 Å². The number of halogens is 4. The number of esters is 1. The molecule has 1 saturated carbocycles. The fourth-order valence-electron chi connectivity index (χ4n) is 8.08. The minimum atomic E-state index is -1.72. The van der Waals surface area contributed by atoms with Crippen LogP contribution < -0.4 is 15.4 Å². The zero-order valence-corrected chi connectivity index (χ0v) is 29.8. The number of carbonyl (C=O) groups excluding carboxylic acids is 2. The minimum absolute atomic E-state index is 0.0284. The van der Waals surface area contributed by atoms with Gasteiger partial charge in [-0.25, -0.2) is 13.6 Å². The molecule has 13 heteroatoms. The molecule has 3 N–H and O–H groups in total. The monoisotopic (exact) mass is 729 g/mol. The fourth-order valence-corrected chi connectivity index (χ4v) is 8.43. The van der Waals surface area contributed by atoms with E-state index in [0.717, 1.165) is 6.07 Å². The topological polar surface area (TPSA) is 122 Å². The Hall–Kier alpha value is -3.77. The molecule has 2 heterocycles. The van der Waals surface area contributed by atoms with Gasteiger partial charge in [0.15, 0.2) is 0 Å². The molecule has 9 nitrogen and oxygen atoms in total. The van der Waals surface area contributed by atoms with Crippen LogP contribution in [0.5, 0.6) is 5.75 Å². The second-order valence-corrected chi connectivity index (χ2v) is 15.3. The smallest absolute Gasteiger partial charge is 0.335 e. The first-order chi connectivity index (χ1) is 23.5. The van der Waals surface area contributed by atoms with Crippen molar-refractivity contribution in [1.29, 1.82) is 0 Å². The molecule has 0 radical (unpaired) electrons. The van der Waals surface area contributed by atoms with Crippen molar-refractivity contribution in [2.75, 3.05) is 18.6 Å². The number of anilines is 1. The van der Waals surface area contributed by atoms with Crippen molar-refractivity contribution in [1.82, 2.24) is 4.90 Å². The number of carboxylic acids is 1. The Morgan fingerprint density at radius 3 is 2.44 bits per heavy atom. The molecule has 7 atom stereocenters. The van der Waals surface area contributed by atoms with Gasteiger partial charge in [0.2, 0.25) is 5.91 Å². The van der Waals surface area contributed by atoms with E-state index in [9.17, 15) is 14.7 Å². The highest BCUT2D eigenvalue weighted by atomic mass is 35.5. The molecule has 3 aliphatic rings. The maximum atomic E-state index is 16.3. The Morgan fingerprint density at radius 1 is 1.10 bits per heavy atom. The van der Waals surface area contributed by atoms with Crippen LogP contribution in [-0.4, -0.2) is 59.8 Å². The SMILES string of the molecule is CCOC(=O)[C@H]1C[C@@H]1[C@@H]1N(c2ccc(C(=O)O)cc2OC)C(=O)[C@H]2[C@H](c3cccc(Cl)c3F)[C@@](N)(c3ccc(Cl)cc3F)[C@H](CC(C)(C)C)N12. The number of rotatable bonds is 9. The van der Waals surface area contributed by atoms with E-state index in [-0.39, 0.29) is 44.8 Å². The lowest BCUT2D eigenvalue weighted by Gasteiger charge is -2.44. The molecule has 1 amide bonds. The number of carbonyl (C=O) groups is 3. The van der Waals surface area contributed by atoms with Crippen LogP contribution in [0.25, 0.3) is 0 Å². The summed E-state index contributed by atoms with van der Waals surface area (Å²) in [5.74, 6) is -5.73. The number of methoxy groups -OCH3 is 1. The van der Waals surface area contributed by atoms with Gasteiger partial charge in [-0.15, -0.1) is 0 Å². The number of aromatic carboxylic acids is 1. The van der Waals surface area contributed by atoms with Gasteiger partial charge in [-0.05, 0) is 67.1 Å². The number of benzene rings is 3. The first kappa shape index (κ1) is 36.0. The predicted molar refractivity (Wildman–Crippen MR) is 184 cm³/mol. The Labute approximate surface area is 299 Å². The number of amides is 1. The van der Waals surface area contributed by atoms with Crippen LogP contribution in [0.1, 0.15) is 67.9 Å². The number of nitrogens with two attached hydrogens (primary N) is 1. The van der Waals surface area contributed by atoms with Crippen molar-refractivity contribution >= 4 is 46.7 Å². The lowest BCUT2D eigenvalue weighted by Crippen LogP contribution is -2.57. The summed E-state index contributed by atoms with van der Waals surface area (Å²) in [7, 11) is 1.36. The van der Waals surface area contributed by atoms with Crippen LogP contribution in [0, 0.1) is 28.9 Å². The Morgan fingerprint density at radius 2 is 1.82 bits per heavy atom. The van der Waals surface area contributed by atoms with Crippen molar-refractivity contribution in [3.05, 3.63) is 93.0 Å². The molecule has 2 saturated heterocycles. The molecular weight excluding hydrogens is 691 g/mol. The van der Waals surface area contributed by atoms with Crippen LogP contribution in [0.15, 0.2) is 54.6 Å². The molecule has 6 rings (SSSR count). The van der Waals surface area contributed by atoms with Gasteiger partial charge in [-0.1, -0.05) is 62.2 Å². The molecule has 1 aliphatic carbocycles. The lowest BCUT2D eigenvalue weighted by molar-refractivity contribution is -0.145. The van der Waals surface area contributed by atoms with Crippen LogP contribution in [0.4, 0.5) is 14.5 Å². The highest BCUT2D eigenvalue weighted by Gasteiger charge is 2.71. The quantitative estimate of drug-likeness (QED) is 0.227. The van der Waals surface area contributed by atoms with E-state index in [2.05, 4.69) is 0 Å². The summed E-state index contributed by atoms with van der Waals surface area (Å²) in [6, 6.07) is 10.8. The van der Waals surface area contributed by atoms with Crippen molar-refractivity contribution in [2.45, 2.75) is 70.2 Å². The van der Waals surface area contributed by atoms with Gasteiger partial charge in [-0.2, -0.15) is 0 Å². The summed E-state index contributed by atoms with van der Waals surface area (Å²) < 4.78 is 43.6. The molecule has 50 heavy (non-hydrogen) atoms. The number of hydrogen-bond acceptors (Lipinski definition) is 7. The minimum Gasteiger partial charge on any atom is -0.495 e. The third kappa shape index (κ3) is 5.91. The summed E-state index contributed by atoms with van der Waals surface area (Å²) in [5, 5.41) is 9.65. The standard InChI is InChI=1S/C37H39Cl2F2N3O6/c1-6-50-35(48)22-16-21(22)32-43(26-13-10-18(34(46)47)14-27(26)49-5)33(45)31-29(20-8-7-9-24(39)30(20)41)37(42,23-12-11-19(38)15-25(23)40)28(44(31)32)17-36(2,3)4/h7-15,21-22,28-29,31-32H,6,16-17,42H2,1-5H3,(H,46,47)/t21-,22-,28-,29-,31+,32+,37+/m0/s1. The zero-order valence-electron chi connectivity index (χ0n) is 28.3. The first-order valence-corrected chi connectivity index (χ1v) is 17.2. The van der Waals surface area contributed by atoms with Gasteiger partial charge >= 0.3 is 11.9 Å². The van der Waals surface area contributed by atoms with Crippen LogP contribution in [0.2, 0.25) is 10.0 Å². The molecule has 0 aromatic heterocycles. The number of ether oxygens (including phenoxy) is 2. The third-order valence-corrected chi connectivity index (χ3v) is 10.7. The maximum Gasteiger partial charge on any atom is 0.335 e. The Balaban J connectivity index is 1.65. The number of fused-ring (bicyclic) bond motifs is 1. The largest absolute Gasteiger partial charge is 0.495 e. The number of hydrogen-bond donors (Lipinski definition) is 2. The van der Waals surface area contributed by atoms with Gasteiger partial charge in [0.05, 0.1) is 47.6 Å². The highest BCUT2D eigenvalue weighted by molar-refractivity contribution is 6.31. The fraction of sp³-hybridized carbons (Fsp3) is 0.432. The van der Waals surface area contributed by atoms with Gasteiger partial charge < -0.3 is 20.3 Å². The molecule has 3 fully saturated rings. The average molecular weight is 731 g/mol. The number of nitrogens with zero attached hydrogens (tertiary/aromatic N) is 2. The van der Waals surface area contributed by atoms with Crippen molar-refractivity contribution in [3.8, 4) is 5.75 Å². The lowest BCUT2D eigenvalue weighted by atomic mass is 9.68. The van der Waals surface area contributed by atoms with Crippen molar-refractivity contribution < 1.29 is 37.7 Å². The summed E-state index contributed by atoms with van der Waals surface area (Å²) in [6.45, 7) is 7.84. The molecule has 0 unspecified atom stereocenters. The third-order valence-electron chi connectivity index (χ3n) is 10.1. The maximum absolute atomic E-state index is 16.3. The average Bonchev–Trinajstić information content (AvgIpc) is 3.73. The molecule has 0 bridgehead atoms. The number of carboxylic acid groups (broad SMARTS) is 1. The molecule has 266 valence electrons. The van der Waals surface area contributed by atoms with Crippen LogP contribution in [-0.2, 0) is 19.9 Å².